The summed E-state index contributed by atoms with van der Waals surface area (Å²) >= 11 is 0. The summed E-state index contributed by atoms with van der Waals surface area (Å²) in [7, 11) is -3.31. The molecule has 0 radical (unpaired) electrons. The number of hydrogen-bond acceptors (Lipinski definition) is 4. The summed E-state index contributed by atoms with van der Waals surface area (Å²) in [6, 6.07) is 11.9. The van der Waals surface area contributed by atoms with Crippen LogP contribution in [0.5, 0.6) is 0 Å². The van der Waals surface area contributed by atoms with Gasteiger partial charge in [0, 0.05) is 25.2 Å². The number of fused-ring (bicyclic) bond motifs is 1. The molecule has 9 heteroatoms. The van der Waals surface area contributed by atoms with E-state index in [1.807, 2.05) is 6.92 Å². The topological polar surface area (TPSA) is 95.2 Å². The lowest BCUT2D eigenvalue weighted by molar-refractivity contribution is -0.120. The maximum Gasteiger partial charge on any atom is 0.228 e. The number of carbonyl (C=O) groups is 1. The Balaban J connectivity index is 1.45. The van der Waals surface area contributed by atoms with Crippen LogP contribution in [-0.4, -0.2) is 47.4 Å². The quantitative estimate of drug-likeness (QED) is 0.565. The highest BCUT2D eigenvalue weighted by Crippen LogP contribution is 2.23. The minimum Gasteiger partial charge on any atom is -0.342 e. The Hall–Kier alpha value is -2.78. The molecule has 1 aliphatic rings. The predicted molar refractivity (Wildman–Crippen MR) is 122 cm³/mol. The highest BCUT2D eigenvalue weighted by molar-refractivity contribution is 7.89. The lowest BCUT2D eigenvalue weighted by atomic mass is 9.98. The Labute approximate surface area is 187 Å². The second-order valence-corrected chi connectivity index (χ2v) is 10.3. The van der Waals surface area contributed by atoms with Gasteiger partial charge in [0.25, 0.3) is 0 Å². The molecular formula is C23H27FN4O3S. The van der Waals surface area contributed by atoms with Gasteiger partial charge in [0.2, 0.25) is 15.9 Å². The van der Waals surface area contributed by atoms with Gasteiger partial charge in [-0.1, -0.05) is 25.1 Å². The molecule has 0 saturated carbocycles. The number of nitrogens with zero attached hydrogens (tertiary/aromatic N) is 2. The molecule has 0 spiro atoms. The van der Waals surface area contributed by atoms with Gasteiger partial charge in [0.1, 0.15) is 11.6 Å². The van der Waals surface area contributed by atoms with Crippen LogP contribution in [0.15, 0.2) is 42.5 Å². The molecule has 7 nitrogen and oxygen atoms in total. The molecule has 2 N–H and O–H groups in total. The van der Waals surface area contributed by atoms with E-state index in [9.17, 15) is 17.6 Å². The Morgan fingerprint density at radius 1 is 1.28 bits per heavy atom. The minimum absolute atomic E-state index is 0.104. The lowest BCUT2D eigenvalue weighted by Crippen LogP contribution is -2.44. The van der Waals surface area contributed by atoms with Gasteiger partial charge < -0.3 is 10.3 Å². The average Bonchev–Trinajstić information content (AvgIpc) is 3.17. The zero-order valence-corrected chi connectivity index (χ0v) is 18.8. The van der Waals surface area contributed by atoms with Gasteiger partial charge in [0.15, 0.2) is 0 Å². The molecule has 0 bridgehead atoms. The molecule has 3 aromatic rings. The third-order valence-corrected chi connectivity index (χ3v) is 7.77. The molecule has 1 unspecified atom stereocenters. The first-order valence-electron chi connectivity index (χ1n) is 10.9. The van der Waals surface area contributed by atoms with E-state index in [4.69, 9.17) is 0 Å². The van der Waals surface area contributed by atoms with Crippen LogP contribution in [0.4, 0.5) is 10.1 Å². The summed E-state index contributed by atoms with van der Waals surface area (Å²) in [4.78, 5) is 20.5. The van der Waals surface area contributed by atoms with Crippen molar-refractivity contribution in [3.63, 3.8) is 0 Å². The molecule has 1 aliphatic heterocycles. The molecule has 1 saturated heterocycles. The summed E-state index contributed by atoms with van der Waals surface area (Å²) in [5.74, 6) is -0.107. The van der Waals surface area contributed by atoms with E-state index in [0.717, 1.165) is 11.0 Å². The summed E-state index contributed by atoms with van der Waals surface area (Å²) in [6.07, 6.45) is 2.22. The molecule has 1 aromatic heterocycles. The van der Waals surface area contributed by atoms with Gasteiger partial charge in [-0.3, -0.25) is 4.79 Å². The number of benzene rings is 2. The smallest absolute Gasteiger partial charge is 0.228 e. The average molecular weight is 459 g/mol. The van der Waals surface area contributed by atoms with Crippen LogP contribution in [0.25, 0.3) is 11.0 Å². The Morgan fingerprint density at radius 2 is 2.09 bits per heavy atom. The van der Waals surface area contributed by atoms with Crippen molar-refractivity contribution in [3.05, 3.63) is 59.7 Å². The van der Waals surface area contributed by atoms with Crippen molar-refractivity contribution in [3.8, 4) is 0 Å². The van der Waals surface area contributed by atoms with Crippen molar-refractivity contribution in [1.29, 1.82) is 0 Å². The fourth-order valence-electron chi connectivity index (χ4n) is 4.09. The largest absolute Gasteiger partial charge is 0.342 e. The second-order valence-electron chi connectivity index (χ2n) is 8.19. The van der Waals surface area contributed by atoms with Crippen LogP contribution in [0.3, 0.4) is 0 Å². The van der Waals surface area contributed by atoms with Gasteiger partial charge in [-0.15, -0.1) is 0 Å². The van der Waals surface area contributed by atoms with Crippen molar-refractivity contribution in [2.24, 2.45) is 5.92 Å². The molecule has 1 amide bonds. The Bertz CT molecular complexity index is 1220. The normalized spacial score (nSPS) is 17.5. The number of piperidine rings is 1. The zero-order chi connectivity index (χ0) is 22.7. The molecule has 2 heterocycles. The van der Waals surface area contributed by atoms with E-state index in [-0.39, 0.29) is 29.9 Å². The van der Waals surface area contributed by atoms with Gasteiger partial charge in [-0.05, 0) is 49.1 Å². The molecule has 32 heavy (non-hydrogen) atoms. The molecule has 0 aliphatic carbocycles. The van der Waals surface area contributed by atoms with Crippen molar-refractivity contribution in [2.75, 3.05) is 24.2 Å². The third kappa shape index (κ3) is 4.99. The number of imidazole rings is 1. The Morgan fingerprint density at radius 3 is 2.88 bits per heavy atom. The maximum absolute atomic E-state index is 13.9. The number of halogens is 1. The van der Waals surface area contributed by atoms with E-state index < -0.39 is 10.0 Å². The first-order chi connectivity index (χ1) is 15.4. The van der Waals surface area contributed by atoms with Crippen molar-refractivity contribution in [1.82, 2.24) is 14.3 Å². The fraction of sp³-hybridized carbons (Fsp3) is 0.391. The maximum atomic E-state index is 13.9. The second kappa shape index (κ2) is 9.38. The van der Waals surface area contributed by atoms with Crippen LogP contribution in [0, 0.1) is 11.7 Å². The number of rotatable bonds is 7. The molecule has 2 aromatic carbocycles. The van der Waals surface area contributed by atoms with Gasteiger partial charge in [-0.2, -0.15) is 0 Å². The van der Waals surface area contributed by atoms with Crippen molar-refractivity contribution in [2.45, 2.75) is 32.6 Å². The molecule has 4 rings (SSSR count). The summed E-state index contributed by atoms with van der Waals surface area (Å²) in [5, 5.41) is 2.91. The Kier molecular flexibility index (Phi) is 6.57. The number of nitrogens with one attached hydrogen (secondary N) is 2. The predicted octanol–water partition coefficient (Wildman–Crippen LogP) is 3.68. The van der Waals surface area contributed by atoms with Crippen LogP contribution in [0.2, 0.25) is 0 Å². The highest BCUT2D eigenvalue weighted by Gasteiger charge is 2.31. The van der Waals surface area contributed by atoms with E-state index in [2.05, 4.69) is 15.3 Å². The highest BCUT2D eigenvalue weighted by atomic mass is 32.2. The van der Waals surface area contributed by atoms with E-state index in [1.165, 1.54) is 10.4 Å². The third-order valence-electron chi connectivity index (χ3n) is 5.72. The first kappa shape index (κ1) is 22.4. The number of amides is 1. The van der Waals surface area contributed by atoms with E-state index in [0.29, 0.717) is 49.3 Å². The number of sulfonamides is 1. The van der Waals surface area contributed by atoms with Gasteiger partial charge in [0.05, 0.1) is 22.7 Å². The standard InChI is InChI=1S/C23H27FN4O3S/c1-2-12-32(30,31)28-11-5-7-17(15-28)23(29)25-18-9-10-20-21(14-18)27-22(26-20)13-16-6-3-4-8-19(16)24/h3-4,6,8-10,14,17H,2,5,7,11-13,15H2,1H3,(H,25,29)(H,26,27). The molecular weight excluding hydrogens is 431 g/mol. The number of H-pyrrole nitrogens is 1. The monoisotopic (exact) mass is 458 g/mol. The number of aromatic amines is 1. The van der Waals surface area contributed by atoms with Crippen LogP contribution in [0.1, 0.15) is 37.6 Å². The van der Waals surface area contributed by atoms with Crippen LogP contribution >= 0.6 is 0 Å². The summed E-state index contributed by atoms with van der Waals surface area (Å²) in [5.41, 5.74) is 2.63. The fourth-order valence-corrected chi connectivity index (χ4v) is 5.67. The zero-order valence-electron chi connectivity index (χ0n) is 18.0. The SMILES string of the molecule is CCCS(=O)(=O)N1CCCC(C(=O)Nc2ccc3nc(Cc4ccccc4F)[nH]c3c2)C1. The van der Waals surface area contributed by atoms with Gasteiger partial charge in [-0.25, -0.2) is 22.1 Å². The number of hydrogen-bond donors (Lipinski definition) is 2. The number of carbonyl (C=O) groups excluding carboxylic acids is 1. The lowest BCUT2D eigenvalue weighted by Gasteiger charge is -2.31. The summed E-state index contributed by atoms with van der Waals surface area (Å²) < 4.78 is 40.1. The molecule has 1 fully saturated rings. The molecule has 170 valence electrons. The number of aromatic nitrogens is 2. The first-order valence-corrected chi connectivity index (χ1v) is 12.5. The van der Waals surface area contributed by atoms with Crippen LogP contribution < -0.4 is 5.32 Å². The molecule has 1 atom stereocenters. The summed E-state index contributed by atoms with van der Waals surface area (Å²) in [6.45, 7) is 2.52. The van der Waals surface area contributed by atoms with Gasteiger partial charge >= 0.3 is 0 Å². The van der Waals surface area contributed by atoms with E-state index >= 15 is 0 Å². The van der Waals surface area contributed by atoms with Crippen LogP contribution in [-0.2, 0) is 21.2 Å². The minimum atomic E-state index is -3.31. The van der Waals surface area contributed by atoms with Crippen molar-refractivity contribution < 1.29 is 17.6 Å². The van der Waals surface area contributed by atoms with Crippen molar-refractivity contribution >= 4 is 32.7 Å². The van der Waals surface area contributed by atoms with E-state index in [1.54, 1.807) is 36.4 Å². The number of anilines is 1.